The van der Waals surface area contributed by atoms with Crippen molar-refractivity contribution in [2.24, 2.45) is 0 Å². The number of aryl methyl sites for hydroxylation is 1. The van der Waals surface area contributed by atoms with E-state index in [4.69, 9.17) is 0 Å². The molecule has 0 unspecified atom stereocenters. The maximum Gasteiger partial charge on any atom is 0.339 e. The number of aromatic nitrogens is 2. The fraction of sp³-hybridized carbons (Fsp3) is 0.333. The summed E-state index contributed by atoms with van der Waals surface area (Å²) in [5.74, 6) is -0.881. The Bertz CT molecular complexity index is 573. The Morgan fingerprint density at radius 2 is 1.89 bits per heavy atom. The van der Waals surface area contributed by atoms with Crippen LogP contribution >= 0.6 is 0 Å². The summed E-state index contributed by atoms with van der Waals surface area (Å²) in [4.78, 5) is 11.4. The van der Waals surface area contributed by atoms with Crippen LogP contribution in [0.25, 0.3) is 0 Å². The predicted octanol–water partition coefficient (Wildman–Crippen LogP) is 2.75. The summed E-state index contributed by atoms with van der Waals surface area (Å²) >= 11 is 0. The van der Waals surface area contributed by atoms with Crippen LogP contribution in [0, 0.1) is 0 Å². The summed E-state index contributed by atoms with van der Waals surface area (Å²) in [7, 11) is 0. The van der Waals surface area contributed by atoms with E-state index in [0.29, 0.717) is 30.6 Å². The molecule has 0 amide bonds. The highest BCUT2D eigenvalue weighted by Gasteiger charge is 2.20. The second kappa shape index (κ2) is 5.69. The van der Waals surface area contributed by atoms with Gasteiger partial charge in [-0.05, 0) is 18.4 Å². The first kappa shape index (κ1) is 13.3. The van der Waals surface area contributed by atoms with Crippen LogP contribution < -0.4 is 0 Å². The summed E-state index contributed by atoms with van der Waals surface area (Å²) in [6.45, 7) is 4.51. The molecule has 0 radical (unpaired) electrons. The Kier molecular flexibility index (Phi) is 4.00. The summed E-state index contributed by atoms with van der Waals surface area (Å²) in [6.07, 6.45) is 1.30. The van der Waals surface area contributed by atoms with E-state index < -0.39 is 5.97 Å². The zero-order valence-corrected chi connectivity index (χ0v) is 11.3. The molecule has 19 heavy (non-hydrogen) atoms. The number of hydrogen-bond donors (Lipinski definition) is 1. The SMILES string of the molecule is CCc1nn(Cc2ccccc2)c(CC)c1C(=O)O. The van der Waals surface area contributed by atoms with Gasteiger partial charge in [0.05, 0.1) is 17.9 Å². The average molecular weight is 258 g/mol. The van der Waals surface area contributed by atoms with E-state index in [1.807, 2.05) is 48.9 Å². The van der Waals surface area contributed by atoms with Gasteiger partial charge in [0.2, 0.25) is 0 Å². The lowest BCUT2D eigenvalue weighted by Crippen LogP contribution is -2.08. The second-order valence-electron chi connectivity index (χ2n) is 4.42. The van der Waals surface area contributed by atoms with Crippen LogP contribution in [0.4, 0.5) is 0 Å². The lowest BCUT2D eigenvalue weighted by atomic mass is 10.1. The molecule has 0 spiro atoms. The van der Waals surface area contributed by atoms with Crippen LogP contribution in [-0.2, 0) is 19.4 Å². The van der Waals surface area contributed by atoms with Crippen LogP contribution in [0.3, 0.4) is 0 Å². The van der Waals surface area contributed by atoms with E-state index in [1.54, 1.807) is 0 Å². The molecule has 0 aliphatic heterocycles. The third-order valence-corrected chi connectivity index (χ3v) is 3.19. The second-order valence-corrected chi connectivity index (χ2v) is 4.42. The number of aromatic carboxylic acids is 1. The highest BCUT2D eigenvalue weighted by molar-refractivity contribution is 5.90. The third kappa shape index (κ3) is 2.67. The standard InChI is InChI=1S/C15H18N2O2/c1-3-12-14(15(18)19)13(4-2)17(16-12)10-11-8-6-5-7-9-11/h5-9H,3-4,10H2,1-2H3,(H,18,19). The number of hydrogen-bond acceptors (Lipinski definition) is 2. The number of carboxylic acids is 1. The van der Waals surface area contributed by atoms with Crippen LogP contribution in [0.1, 0.15) is 41.2 Å². The average Bonchev–Trinajstić information content (AvgIpc) is 2.77. The molecule has 1 aromatic heterocycles. The van der Waals surface area contributed by atoms with Crippen LogP contribution in [0.15, 0.2) is 30.3 Å². The highest BCUT2D eigenvalue weighted by atomic mass is 16.4. The molecule has 0 bridgehead atoms. The van der Waals surface area contributed by atoms with Crippen molar-refractivity contribution in [3.8, 4) is 0 Å². The summed E-state index contributed by atoms with van der Waals surface area (Å²) < 4.78 is 1.82. The first-order valence-corrected chi connectivity index (χ1v) is 6.53. The van der Waals surface area contributed by atoms with E-state index in [2.05, 4.69) is 5.10 Å². The summed E-state index contributed by atoms with van der Waals surface area (Å²) in [5.41, 5.74) is 2.97. The highest BCUT2D eigenvalue weighted by Crippen LogP contribution is 2.17. The van der Waals surface area contributed by atoms with Gasteiger partial charge >= 0.3 is 5.97 Å². The first-order chi connectivity index (χ1) is 9.17. The number of benzene rings is 1. The zero-order valence-electron chi connectivity index (χ0n) is 11.3. The van der Waals surface area contributed by atoms with Gasteiger partial charge in [0, 0.05) is 0 Å². The molecular weight excluding hydrogens is 240 g/mol. The largest absolute Gasteiger partial charge is 0.478 e. The molecule has 0 atom stereocenters. The van der Waals surface area contributed by atoms with Crippen molar-refractivity contribution < 1.29 is 9.90 Å². The number of carboxylic acid groups (broad SMARTS) is 1. The topological polar surface area (TPSA) is 55.1 Å². The molecule has 2 rings (SSSR count). The molecule has 2 aromatic rings. The fourth-order valence-electron chi connectivity index (χ4n) is 2.29. The predicted molar refractivity (Wildman–Crippen MR) is 73.5 cm³/mol. The maximum atomic E-state index is 11.4. The maximum absolute atomic E-state index is 11.4. The van der Waals surface area contributed by atoms with Gasteiger partial charge in [-0.2, -0.15) is 5.10 Å². The van der Waals surface area contributed by atoms with Crippen molar-refractivity contribution in [2.75, 3.05) is 0 Å². The number of carbonyl (C=O) groups is 1. The molecule has 1 aromatic carbocycles. The summed E-state index contributed by atoms with van der Waals surface area (Å²) in [5, 5.41) is 13.8. The van der Waals surface area contributed by atoms with Gasteiger partial charge in [-0.15, -0.1) is 0 Å². The molecule has 0 saturated carbocycles. The Morgan fingerprint density at radius 1 is 1.21 bits per heavy atom. The smallest absolute Gasteiger partial charge is 0.339 e. The normalized spacial score (nSPS) is 10.6. The molecule has 4 heteroatoms. The van der Waals surface area contributed by atoms with Gasteiger partial charge in [-0.3, -0.25) is 4.68 Å². The van der Waals surface area contributed by atoms with E-state index in [0.717, 1.165) is 11.3 Å². The minimum Gasteiger partial charge on any atom is -0.478 e. The Labute approximate surface area is 112 Å². The van der Waals surface area contributed by atoms with Gasteiger partial charge in [0.1, 0.15) is 5.56 Å². The van der Waals surface area contributed by atoms with E-state index in [-0.39, 0.29) is 0 Å². The number of nitrogens with zero attached hydrogens (tertiary/aromatic N) is 2. The number of rotatable bonds is 5. The molecule has 0 saturated heterocycles. The molecule has 4 nitrogen and oxygen atoms in total. The van der Waals surface area contributed by atoms with E-state index in [9.17, 15) is 9.90 Å². The Morgan fingerprint density at radius 3 is 2.42 bits per heavy atom. The van der Waals surface area contributed by atoms with Gasteiger partial charge in [-0.1, -0.05) is 44.2 Å². The van der Waals surface area contributed by atoms with Gasteiger partial charge < -0.3 is 5.11 Å². The Balaban J connectivity index is 2.43. The van der Waals surface area contributed by atoms with E-state index in [1.165, 1.54) is 0 Å². The van der Waals surface area contributed by atoms with Crippen molar-refractivity contribution in [3.63, 3.8) is 0 Å². The quantitative estimate of drug-likeness (QED) is 0.897. The zero-order chi connectivity index (χ0) is 13.8. The van der Waals surface area contributed by atoms with E-state index >= 15 is 0 Å². The van der Waals surface area contributed by atoms with Gasteiger partial charge in [0.15, 0.2) is 0 Å². The van der Waals surface area contributed by atoms with Crippen molar-refractivity contribution in [3.05, 3.63) is 52.8 Å². The van der Waals surface area contributed by atoms with Gasteiger partial charge in [0.25, 0.3) is 0 Å². The van der Waals surface area contributed by atoms with Crippen molar-refractivity contribution in [1.82, 2.24) is 9.78 Å². The van der Waals surface area contributed by atoms with Gasteiger partial charge in [-0.25, -0.2) is 4.79 Å². The summed E-state index contributed by atoms with van der Waals surface area (Å²) in [6, 6.07) is 9.96. The third-order valence-electron chi connectivity index (χ3n) is 3.19. The van der Waals surface area contributed by atoms with Crippen molar-refractivity contribution in [2.45, 2.75) is 33.2 Å². The molecule has 0 aliphatic rings. The first-order valence-electron chi connectivity index (χ1n) is 6.53. The minimum absolute atomic E-state index is 0.376. The molecular formula is C15H18N2O2. The molecule has 0 fully saturated rings. The molecule has 100 valence electrons. The molecule has 1 heterocycles. The minimum atomic E-state index is -0.881. The monoisotopic (exact) mass is 258 g/mol. The fourth-order valence-corrected chi connectivity index (χ4v) is 2.29. The lowest BCUT2D eigenvalue weighted by Gasteiger charge is -2.06. The Hall–Kier alpha value is -2.10. The van der Waals surface area contributed by atoms with Crippen LogP contribution in [0.5, 0.6) is 0 Å². The van der Waals surface area contributed by atoms with Crippen LogP contribution in [-0.4, -0.2) is 20.9 Å². The van der Waals surface area contributed by atoms with Crippen molar-refractivity contribution in [1.29, 1.82) is 0 Å². The molecule has 1 N–H and O–H groups in total. The molecule has 0 aliphatic carbocycles. The van der Waals surface area contributed by atoms with Crippen molar-refractivity contribution >= 4 is 5.97 Å². The van der Waals surface area contributed by atoms with Crippen LogP contribution in [0.2, 0.25) is 0 Å². The lowest BCUT2D eigenvalue weighted by molar-refractivity contribution is 0.0694.